The van der Waals surface area contributed by atoms with Crippen molar-refractivity contribution < 1.29 is 14.3 Å². The molecule has 0 unspecified atom stereocenters. The van der Waals surface area contributed by atoms with Gasteiger partial charge in [-0.15, -0.1) is 0 Å². The Balaban J connectivity index is 3.85. The summed E-state index contributed by atoms with van der Waals surface area (Å²) in [6.07, 6.45) is -0.927. The minimum Gasteiger partial charge on any atom is -0.435 e. The van der Waals surface area contributed by atoms with E-state index < -0.39 is 12.3 Å². The van der Waals surface area contributed by atoms with Gasteiger partial charge < -0.3 is 9.47 Å². The van der Waals surface area contributed by atoms with E-state index in [4.69, 9.17) is 10.00 Å². The molecule has 0 aliphatic carbocycles. The molecular weight excluding hydrogens is 170 g/mol. The van der Waals surface area contributed by atoms with E-state index >= 15 is 0 Å². The molecule has 0 fully saturated rings. The van der Waals surface area contributed by atoms with E-state index in [9.17, 15) is 4.79 Å². The van der Waals surface area contributed by atoms with Gasteiger partial charge in [-0.2, -0.15) is 5.26 Å². The Bertz CT molecular complexity index is 196. The van der Waals surface area contributed by atoms with Crippen molar-refractivity contribution in [1.82, 2.24) is 0 Å². The van der Waals surface area contributed by atoms with Crippen LogP contribution in [0.25, 0.3) is 0 Å². The van der Waals surface area contributed by atoms with Crippen molar-refractivity contribution in [3.8, 4) is 6.07 Å². The van der Waals surface area contributed by atoms with Crippen LogP contribution in [0.15, 0.2) is 0 Å². The zero-order valence-electron chi connectivity index (χ0n) is 8.24. The second kappa shape index (κ2) is 6.30. The van der Waals surface area contributed by atoms with Crippen molar-refractivity contribution in [3.05, 3.63) is 0 Å². The summed E-state index contributed by atoms with van der Waals surface area (Å²) in [7, 11) is 0. The van der Waals surface area contributed by atoms with Crippen LogP contribution < -0.4 is 0 Å². The van der Waals surface area contributed by atoms with Gasteiger partial charge in [0.15, 0.2) is 6.10 Å². The van der Waals surface area contributed by atoms with Crippen LogP contribution in [0.1, 0.15) is 27.2 Å². The molecule has 0 bridgehead atoms. The van der Waals surface area contributed by atoms with Gasteiger partial charge in [0.1, 0.15) is 6.07 Å². The molecule has 0 spiro atoms. The molecule has 4 heteroatoms. The fraction of sp³-hybridized carbons (Fsp3) is 0.778. The van der Waals surface area contributed by atoms with Crippen LogP contribution >= 0.6 is 0 Å². The molecule has 13 heavy (non-hydrogen) atoms. The van der Waals surface area contributed by atoms with Gasteiger partial charge in [-0.25, -0.2) is 4.79 Å². The summed E-state index contributed by atoms with van der Waals surface area (Å²) in [5.74, 6) is 0.319. The largest absolute Gasteiger partial charge is 0.509 e. The lowest BCUT2D eigenvalue weighted by molar-refractivity contribution is 0.0372. The van der Waals surface area contributed by atoms with Gasteiger partial charge in [0.25, 0.3) is 0 Å². The first-order valence-electron chi connectivity index (χ1n) is 4.33. The summed E-state index contributed by atoms with van der Waals surface area (Å²) < 4.78 is 9.27. The molecule has 1 atom stereocenters. The van der Waals surface area contributed by atoms with Crippen LogP contribution in [0.4, 0.5) is 4.79 Å². The number of carbonyl (C=O) groups excluding carboxylic acids is 1. The molecule has 74 valence electrons. The van der Waals surface area contributed by atoms with Crippen molar-refractivity contribution >= 4 is 6.16 Å². The van der Waals surface area contributed by atoms with Gasteiger partial charge in [0.05, 0.1) is 6.61 Å². The summed E-state index contributed by atoms with van der Waals surface area (Å²) in [4.78, 5) is 10.8. The quantitative estimate of drug-likeness (QED) is 0.629. The fourth-order valence-electron chi connectivity index (χ4n) is 0.823. The zero-order chi connectivity index (χ0) is 10.3. The highest BCUT2D eigenvalue weighted by atomic mass is 16.7. The molecule has 4 nitrogen and oxygen atoms in total. The maximum Gasteiger partial charge on any atom is 0.509 e. The first kappa shape index (κ1) is 11.8. The van der Waals surface area contributed by atoms with Gasteiger partial charge in [0.2, 0.25) is 0 Å². The summed E-state index contributed by atoms with van der Waals surface area (Å²) in [5, 5.41) is 8.61. The highest BCUT2D eigenvalue weighted by molar-refractivity contribution is 5.60. The van der Waals surface area contributed by atoms with Gasteiger partial charge in [0, 0.05) is 6.42 Å². The van der Waals surface area contributed by atoms with Gasteiger partial charge in [-0.1, -0.05) is 13.8 Å². The van der Waals surface area contributed by atoms with Crippen molar-refractivity contribution in [3.63, 3.8) is 0 Å². The second-order valence-electron chi connectivity index (χ2n) is 3.05. The highest BCUT2D eigenvalue weighted by Crippen LogP contribution is 2.08. The Kier molecular flexibility index (Phi) is 5.69. The highest BCUT2D eigenvalue weighted by Gasteiger charge is 2.15. The Labute approximate surface area is 78.4 Å². The van der Waals surface area contributed by atoms with Crippen LogP contribution in [0.3, 0.4) is 0 Å². The first-order chi connectivity index (χ1) is 6.10. The third-order valence-electron chi connectivity index (χ3n) is 1.33. The fourth-order valence-corrected chi connectivity index (χ4v) is 0.823. The number of carbonyl (C=O) groups is 1. The van der Waals surface area contributed by atoms with E-state index in [1.807, 2.05) is 19.9 Å². The Morgan fingerprint density at radius 1 is 1.54 bits per heavy atom. The van der Waals surface area contributed by atoms with Gasteiger partial charge in [-0.05, 0) is 12.8 Å². The number of ether oxygens (including phenoxy) is 2. The summed E-state index contributed by atoms with van der Waals surface area (Å²) in [6.45, 7) is 5.86. The maximum absolute atomic E-state index is 10.8. The van der Waals surface area contributed by atoms with Crippen molar-refractivity contribution in [2.75, 3.05) is 6.61 Å². The second-order valence-corrected chi connectivity index (χ2v) is 3.05. The standard InChI is InChI=1S/C9H15NO3/c1-4-12-9(11)13-8(6-10)5-7(2)3/h7-8H,4-5H2,1-3H3/t8-/m0/s1. The number of nitrogens with zero attached hydrogens (tertiary/aromatic N) is 1. The minimum atomic E-state index is -0.769. The normalized spacial score (nSPS) is 11.9. The van der Waals surface area contributed by atoms with E-state index in [1.54, 1.807) is 6.92 Å². The van der Waals surface area contributed by atoms with Gasteiger partial charge >= 0.3 is 6.16 Å². The lowest BCUT2D eigenvalue weighted by Gasteiger charge is -2.11. The minimum absolute atomic E-state index is 0.263. The van der Waals surface area contributed by atoms with Crippen LogP contribution in [0.2, 0.25) is 0 Å². The third kappa shape index (κ3) is 5.97. The molecule has 0 rings (SSSR count). The molecule has 0 aliphatic heterocycles. The predicted octanol–water partition coefficient (Wildman–Crippen LogP) is 2.10. The van der Waals surface area contributed by atoms with E-state index in [-0.39, 0.29) is 6.61 Å². The average molecular weight is 185 g/mol. The summed E-state index contributed by atoms with van der Waals surface area (Å²) >= 11 is 0. The van der Waals surface area contributed by atoms with Crippen LogP contribution in [-0.4, -0.2) is 18.9 Å². The monoisotopic (exact) mass is 185 g/mol. The lowest BCUT2D eigenvalue weighted by atomic mass is 10.1. The lowest BCUT2D eigenvalue weighted by Crippen LogP contribution is -2.19. The Hall–Kier alpha value is -1.24. The number of nitriles is 1. The van der Waals surface area contributed by atoms with Crippen LogP contribution in [0, 0.1) is 17.2 Å². The zero-order valence-corrected chi connectivity index (χ0v) is 8.24. The SMILES string of the molecule is CCOC(=O)O[C@H](C#N)CC(C)C. The number of hydrogen-bond acceptors (Lipinski definition) is 4. The molecule has 0 aromatic heterocycles. The molecule has 0 amide bonds. The van der Waals surface area contributed by atoms with E-state index in [0.717, 1.165) is 0 Å². The Morgan fingerprint density at radius 3 is 2.54 bits per heavy atom. The van der Waals surface area contributed by atoms with E-state index in [0.29, 0.717) is 12.3 Å². The summed E-state index contributed by atoms with van der Waals surface area (Å²) in [5.41, 5.74) is 0. The van der Waals surface area contributed by atoms with Crippen molar-refractivity contribution in [2.24, 2.45) is 5.92 Å². The smallest absolute Gasteiger partial charge is 0.435 e. The van der Waals surface area contributed by atoms with Crippen molar-refractivity contribution in [1.29, 1.82) is 5.26 Å². The molecule has 0 saturated heterocycles. The topological polar surface area (TPSA) is 59.3 Å². The molecule has 0 aromatic rings. The molecule has 0 heterocycles. The van der Waals surface area contributed by atoms with E-state index in [1.165, 1.54) is 0 Å². The Morgan fingerprint density at radius 2 is 2.15 bits per heavy atom. The average Bonchev–Trinajstić information content (AvgIpc) is 2.02. The number of hydrogen-bond donors (Lipinski definition) is 0. The number of rotatable bonds is 4. The maximum atomic E-state index is 10.8. The molecule has 0 N–H and O–H groups in total. The van der Waals surface area contributed by atoms with E-state index in [2.05, 4.69) is 4.74 Å². The van der Waals surface area contributed by atoms with Crippen molar-refractivity contribution in [2.45, 2.75) is 33.3 Å². The van der Waals surface area contributed by atoms with Crippen LogP contribution in [0.5, 0.6) is 0 Å². The molecule has 0 aromatic carbocycles. The van der Waals surface area contributed by atoms with Gasteiger partial charge in [-0.3, -0.25) is 0 Å². The third-order valence-corrected chi connectivity index (χ3v) is 1.33. The first-order valence-corrected chi connectivity index (χ1v) is 4.33. The molecular formula is C9H15NO3. The molecule has 0 radical (unpaired) electrons. The predicted molar refractivity (Wildman–Crippen MR) is 47.0 cm³/mol. The molecule has 0 aliphatic rings. The molecule has 0 saturated carbocycles. The van der Waals surface area contributed by atoms with Crippen LogP contribution in [-0.2, 0) is 9.47 Å². The summed E-state index contributed by atoms with van der Waals surface area (Å²) in [6, 6.07) is 1.90.